The van der Waals surface area contributed by atoms with Crippen molar-refractivity contribution in [2.24, 2.45) is 0 Å². The van der Waals surface area contributed by atoms with Crippen LogP contribution >= 0.6 is 12.6 Å². The second-order valence-electron chi connectivity index (χ2n) is 3.85. The molecule has 0 spiro atoms. The molecule has 0 unspecified atom stereocenters. The van der Waals surface area contributed by atoms with Gasteiger partial charge < -0.3 is 9.52 Å². The molecular formula is C10H10FNO2S. The Morgan fingerprint density at radius 2 is 2.13 bits per heavy atom. The maximum atomic E-state index is 13.1. The van der Waals surface area contributed by atoms with Crippen molar-refractivity contribution in [2.75, 3.05) is 0 Å². The predicted molar refractivity (Wildman–Crippen MR) is 56.5 cm³/mol. The first-order valence-corrected chi connectivity index (χ1v) is 4.84. The average molecular weight is 227 g/mol. The van der Waals surface area contributed by atoms with Crippen LogP contribution in [0, 0.1) is 5.82 Å². The van der Waals surface area contributed by atoms with E-state index >= 15 is 0 Å². The van der Waals surface area contributed by atoms with Crippen molar-refractivity contribution in [2.45, 2.75) is 24.3 Å². The van der Waals surface area contributed by atoms with E-state index in [-0.39, 0.29) is 10.8 Å². The van der Waals surface area contributed by atoms with Gasteiger partial charge in [-0.1, -0.05) is 0 Å². The Kier molecular flexibility index (Phi) is 2.24. The lowest BCUT2D eigenvalue weighted by Crippen LogP contribution is -2.15. The summed E-state index contributed by atoms with van der Waals surface area (Å²) in [5, 5.41) is 9.66. The molecule has 2 rings (SSSR count). The van der Waals surface area contributed by atoms with Gasteiger partial charge in [-0.3, -0.25) is 0 Å². The van der Waals surface area contributed by atoms with Gasteiger partial charge in [0, 0.05) is 11.0 Å². The van der Waals surface area contributed by atoms with Crippen LogP contribution in [-0.4, -0.2) is 10.1 Å². The number of halogens is 1. The molecule has 0 amide bonds. The fourth-order valence-electron chi connectivity index (χ4n) is 1.20. The monoisotopic (exact) mass is 227 g/mol. The topological polar surface area (TPSA) is 46.3 Å². The fraction of sp³-hybridized carbons (Fsp3) is 0.300. The molecule has 0 aliphatic rings. The van der Waals surface area contributed by atoms with E-state index in [4.69, 9.17) is 4.42 Å². The van der Waals surface area contributed by atoms with Crippen LogP contribution in [0.1, 0.15) is 19.7 Å². The minimum atomic E-state index is -1.17. The lowest BCUT2D eigenvalue weighted by Gasteiger charge is -2.10. The molecule has 0 fully saturated rings. The van der Waals surface area contributed by atoms with E-state index in [1.165, 1.54) is 12.1 Å². The van der Waals surface area contributed by atoms with Crippen LogP contribution in [0.25, 0.3) is 11.1 Å². The zero-order chi connectivity index (χ0) is 11.2. The Bertz CT molecular complexity index is 477. The normalized spacial score (nSPS) is 12.3. The Morgan fingerprint density at radius 1 is 1.47 bits per heavy atom. The molecular weight excluding hydrogens is 217 g/mol. The average Bonchev–Trinajstić information content (AvgIpc) is 2.47. The standard InChI is InChI=1S/C10H10FNO2S/c1-10(2,13)9-12-6-3-5(11)8(15)4-7(6)14-9/h3-4,13,15H,1-2H3. The molecule has 1 heterocycles. The van der Waals surface area contributed by atoms with Crippen LogP contribution in [-0.2, 0) is 5.60 Å². The van der Waals surface area contributed by atoms with Crippen molar-refractivity contribution in [3.05, 3.63) is 23.8 Å². The number of nitrogens with zero attached hydrogens (tertiary/aromatic N) is 1. The van der Waals surface area contributed by atoms with Gasteiger partial charge in [0.15, 0.2) is 5.58 Å². The Hall–Kier alpha value is -1.07. The lowest BCUT2D eigenvalue weighted by atomic mass is 10.1. The summed E-state index contributed by atoms with van der Waals surface area (Å²) in [6.07, 6.45) is 0. The third-order valence-electron chi connectivity index (χ3n) is 1.98. The van der Waals surface area contributed by atoms with E-state index < -0.39 is 11.4 Å². The van der Waals surface area contributed by atoms with E-state index in [1.54, 1.807) is 13.8 Å². The highest BCUT2D eigenvalue weighted by Gasteiger charge is 2.23. The Balaban J connectivity index is 2.66. The number of hydrogen-bond acceptors (Lipinski definition) is 4. The van der Waals surface area contributed by atoms with Gasteiger partial charge in [-0.2, -0.15) is 0 Å². The molecule has 0 aliphatic heterocycles. The maximum absolute atomic E-state index is 13.1. The van der Waals surface area contributed by atoms with Crippen LogP contribution in [0.2, 0.25) is 0 Å². The van der Waals surface area contributed by atoms with Crippen LogP contribution in [0.5, 0.6) is 0 Å². The highest BCUT2D eigenvalue weighted by Crippen LogP contribution is 2.26. The number of rotatable bonds is 1. The molecule has 80 valence electrons. The van der Waals surface area contributed by atoms with Gasteiger partial charge in [0.05, 0.1) is 0 Å². The molecule has 0 atom stereocenters. The van der Waals surface area contributed by atoms with Gasteiger partial charge in [0.1, 0.15) is 16.9 Å². The van der Waals surface area contributed by atoms with Crippen LogP contribution in [0.15, 0.2) is 21.4 Å². The molecule has 1 N–H and O–H groups in total. The molecule has 1 aromatic carbocycles. The Labute approximate surface area is 91.3 Å². The smallest absolute Gasteiger partial charge is 0.226 e. The minimum absolute atomic E-state index is 0.163. The molecule has 0 radical (unpaired) electrons. The molecule has 2 aromatic rings. The number of aliphatic hydroxyl groups is 1. The first kappa shape index (κ1) is 10.4. The van der Waals surface area contributed by atoms with Crippen LogP contribution in [0.4, 0.5) is 4.39 Å². The van der Waals surface area contributed by atoms with Gasteiger partial charge >= 0.3 is 0 Å². The maximum Gasteiger partial charge on any atom is 0.226 e. The van der Waals surface area contributed by atoms with Gasteiger partial charge in [-0.25, -0.2) is 9.37 Å². The first-order chi connectivity index (χ1) is 6.88. The SMILES string of the molecule is CC(C)(O)c1nc2cc(F)c(S)cc2o1. The zero-order valence-electron chi connectivity index (χ0n) is 8.28. The molecule has 15 heavy (non-hydrogen) atoms. The quantitative estimate of drug-likeness (QED) is 0.736. The zero-order valence-corrected chi connectivity index (χ0v) is 9.18. The number of benzene rings is 1. The highest BCUT2D eigenvalue weighted by atomic mass is 32.1. The van der Waals surface area contributed by atoms with Crippen LogP contribution in [0.3, 0.4) is 0 Å². The van der Waals surface area contributed by atoms with Crippen molar-refractivity contribution in [1.29, 1.82) is 0 Å². The molecule has 0 aliphatic carbocycles. The van der Waals surface area contributed by atoms with Crippen molar-refractivity contribution in [3.8, 4) is 0 Å². The van der Waals surface area contributed by atoms with Crippen molar-refractivity contribution >= 4 is 23.7 Å². The van der Waals surface area contributed by atoms with Crippen LogP contribution < -0.4 is 0 Å². The number of aromatic nitrogens is 1. The van der Waals surface area contributed by atoms with Gasteiger partial charge in [-0.05, 0) is 19.9 Å². The summed E-state index contributed by atoms with van der Waals surface area (Å²) in [5.74, 6) is -0.294. The van der Waals surface area contributed by atoms with Gasteiger partial charge in [-0.15, -0.1) is 12.6 Å². The fourth-order valence-corrected chi connectivity index (χ4v) is 1.38. The number of thiol groups is 1. The molecule has 1 aromatic heterocycles. The number of oxazole rings is 1. The summed E-state index contributed by atoms with van der Waals surface area (Å²) in [4.78, 5) is 4.19. The first-order valence-electron chi connectivity index (χ1n) is 4.40. The summed E-state index contributed by atoms with van der Waals surface area (Å²) in [6, 6.07) is 2.67. The highest BCUT2D eigenvalue weighted by molar-refractivity contribution is 7.80. The number of fused-ring (bicyclic) bond motifs is 1. The molecule has 3 nitrogen and oxygen atoms in total. The molecule has 0 bridgehead atoms. The summed E-state index contributed by atoms with van der Waals surface area (Å²) < 4.78 is 18.4. The van der Waals surface area contributed by atoms with E-state index in [2.05, 4.69) is 17.6 Å². The largest absolute Gasteiger partial charge is 0.437 e. The van der Waals surface area contributed by atoms with Gasteiger partial charge in [0.2, 0.25) is 5.89 Å². The third kappa shape index (κ3) is 1.85. The lowest BCUT2D eigenvalue weighted by molar-refractivity contribution is 0.0501. The predicted octanol–water partition coefficient (Wildman–Crippen LogP) is 2.48. The second-order valence-corrected chi connectivity index (χ2v) is 4.33. The second kappa shape index (κ2) is 3.21. The molecule has 0 saturated carbocycles. The van der Waals surface area contributed by atoms with E-state index in [0.29, 0.717) is 11.1 Å². The van der Waals surface area contributed by atoms with E-state index in [0.717, 1.165) is 0 Å². The number of hydrogen-bond donors (Lipinski definition) is 2. The van der Waals surface area contributed by atoms with Crippen molar-refractivity contribution in [3.63, 3.8) is 0 Å². The van der Waals surface area contributed by atoms with Crippen molar-refractivity contribution < 1.29 is 13.9 Å². The molecule has 0 saturated heterocycles. The van der Waals surface area contributed by atoms with Crippen molar-refractivity contribution in [1.82, 2.24) is 4.98 Å². The third-order valence-corrected chi connectivity index (χ3v) is 2.32. The minimum Gasteiger partial charge on any atom is -0.437 e. The summed E-state index contributed by atoms with van der Waals surface area (Å²) in [6.45, 7) is 3.10. The molecule has 5 heteroatoms. The summed E-state index contributed by atoms with van der Waals surface area (Å²) >= 11 is 3.93. The van der Waals surface area contributed by atoms with E-state index in [9.17, 15) is 9.50 Å². The summed E-state index contributed by atoms with van der Waals surface area (Å²) in [5.41, 5.74) is -0.382. The van der Waals surface area contributed by atoms with Gasteiger partial charge in [0.25, 0.3) is 0 Å². The summed E-state index contributed by atoms with van der Waals surface area (Å²) in [7, 11) is 0. The Morgan fingerprint density at radius 3 is 2.73 bits per heavy atom. The van der Waals surface area contributed by atoms with E-state index in [1.807, 2.05) is 0 Å².